The molecule has 6 heteroatoms. The van der Waals surface area contributed by atoms with Gasteiger partial charge in [0.1, 0.15) is 0 Å². The number of nitrogens with one attached hydrogen (secondary N) is 1. The summed E-state index contributed by atoms with van der Waals surface area (Å²) in [5, 5.41) is 3.36. The molecule has 128 valence electrons. The van der Waals surface area contributed by atoms with Crippen molar-refractivity contribution in [1.29, 1.82) is 0 Å². The van der Waals surface area contributed by atoms with Crippen LogP contribution in [0, 0.1) is 12.8 Å². The van der Waals surface area contributed by atoms with Gasteiger partial charge in [-0.1, -0.05) is 17.7 Å². The average molecular weight is 337 g/mol. The third-order valence-electron chi connectivity index (χ3n) is 4.87. The summed E-state index contributed by atoms with van der Waals surface area (Å²) in [4.78, 5) is 2.88. The van der Waals surface area contributed by atoms with Crippen molar-refractivity contribution in [2.24, 2.45) is 5.92 Å². The Labute approximate surface area is 139 Å². The Morgan fingerprint density at radius 3 is 2.52 bits per heavy atom. The van der Waals surface area contributed by atoms with Crippen LogP contribution in [0.2, 0.25) is 0 Å². The highest BCUT2D eigenvalue weighted by molar-refractivity contribution is 7.89. The fraction of sp³-hybridized carbons (Fsp3) is 0.647. The van der Waals surface area contributed by atoms with Crippen LogP contribution in [0.1, 0.15) is 18.4 Å². The van der Waals surface area contributed by atoms with Gasteiger partial charge in [-0.2, -0.15) is 4.31 Å². The summed E-state index contributed by atoms with van der Waals surface area (Å²) in [5.41, 5.74) is 1.08. The van der Waals surface area contributed by atoms with E-state index in [4.69, 9.17) is 0 Å². The van der Waals surface area contributed by atoms with E-state index in [1.165, 1.54) is 0 Å². The van der Waals surface area contributed by atoms with Crippen LogP contribution in [0.25, 0.3) is 0 Å². The monoisotopic (exact) mass is 337 g/mol. The van der Waals surface area contributed by atoms with E-state index in [9.17, 15) is 8.42 Å². The van der Waals surface area contributed by atoms with E-state index in [0.29, 0.717) is 23.9 Å². The topological polar surface area (TPSA) is 52.7 Å². The first-order chi connectivity index (χ1) is 11.1. The molecule has 0 bridgehead atoms. The normalized spacial score (nSPS) is 24.7. The Kier molecular flexibility index (Phi) is 5.36. The second-order valence-electron chi connectivity index (χ2n) is 6.73. The molecule has 0 radical (unpaired) electrons. The predicted molar refractivity (Wildman–Crippen MR) is 92.0 cm³/mol. The van der Waals surface area contributed by atoms with Crippen LogP contribution >= 0.6 is 0 Å². The molecule has 0 amide bonds. The van der Waals surface area contributed by atoms with Crippen LogP contribution in [-0.4, -0.2) is 63.4 Å². The lowest BCUT2D eigenvalue weighted by Crippen LogP contribution is -2.48. The van der Waals surface area contributed by atoms with Crippen molar-refractivity contribution in [3.8, 4) is 0 Å². The predicted octanol–water partition coefficient (Wildman–Crippen LogP) is 1.30. The summed E-state index contributed by atoms with van der Waals surface area (Å²) >= 11 is 0. The standard InChI is InChI=1S/C17H27N3O2S/c1-15-4-6-17(7-5-15)23(21,22)20-10-2-3-16(14-20)13-19-11-8-18-9-12-19/h4-7,16,18H,2-3,8-14H2,1H3. The van der Waals surface area contributed by atoms with Gasteiger partial charge < -0.3 is 10.2 Å². The van der Waals surface area contributed by atoms with E-state index in [0.717, 1.165) is 51.1 Å². The molecule has 1 N–H and O–H groups in total. The molecule has 1 unspecified atom stereocenters. The van der Waals surface area contributed by atoms with Crippen molar-refractivity contribution < 1.29 is 8.42 Å². The minimum absolute atomic E-state index is 0.422. The van der Waals surface area contributed by atoms with Gasteiger partial charge in [0.15, 0.2) is 0 Å². The lowest BCUT2D eigenvalue weighted by molar-refractivity contribution is 0.164. The zero-order valence-corrected chi connectivity index (χ0v) is 14.7. The van der Waals surface area contributed by atoms with Crippen molar-refractivity contribution in [2.75, 3.05) is 45.8 Å². The molecular formula is C17H27N3O2S. The number of sulfonamides is 1. The van der Waals surface area contributed by atoms with Gasteiger partial charge in [-0.25, -0.2) is 8.42 Å². The van der Waals surface area contributed by atoms with Crippen LogP contribution in [0.15, 0.2) is 29.2 Å². The van der Waals surface area contributed by atoms with Crippen molar-refractivity contribution >= 4 is 10.0 Å². The number of piperidine rings is 1. The second-order valence-corrected chi connectivity index (χ2v) is 8.67. The molecular weight excluding hydrogens is 310 g/mol. The zero-order chi connectivity index (χ0) is 16.3. The van der Waals surface area contributed by atoms with E-state index in [-0.39, 0.29) is 0 Å². The molecule has 1 aromatic rings. The van der Waals surface area contributed by atoms with E-state index in [1.807, 2.05) is 19.1 Å². The summed E-state index contributed by atoms with van der Waals surface area (Å²) in [6.45, 7) is 8.51. The molecule has 3 rings (SSSR count). The van der Waals surface area contributed by atoms with Gasteiger partial charge in [0.25, 0.3) is 0 Å². The molecule has 0 saturated carbocycles. The summed E-state index contributed by atoms with van der Waals surface area (Å²) in [6, 6.07) is 7.19. The molecule has 2 aliphatic rings. The third kappa shape index (κ3) is 4.12. The molecule has 2 aliphatic heterocycles. The van der Waals surface area contributed by atoms with Crippen LogP contribution in [0.4, 0.5) is 0 Å². The van der Waals surface area contributed by atoms with Crippen molar-refractivity contribution in [3.63, 3.8) is 0 Å². The molecule has 1 atom stereocenters. The number of hydrogen-bond donors (Lipinski definition) is 1. The Hall–Kier alpha value is -0.950. The van der Waals surface area contributed by atoms with E-state index in [2.05, 4.69) is 10.2 Å². The van der Waals surface area contributed by atoms with Gasteiger partial charge in [-0.05, 0) is 37.8 Å². The molecule has 1 aromatic carbocycles. The summed E-state index contributed by atoms with van der Waals surface area (Å²) in [5.74, 6) is 0.446. The van der Waals surface area contributed by atoms with E-state index in [1.54, 1.807) is 16.4 Å². The quantitative estimate of drug-likeness (QED) is 0.900. The van der Waals surface area contributed by atoms with Crippen molar-refractivity contribution in [2.45, 2.75) is 24.7 Å². The molecule has 5 nitrogen and oxygen atoms in total. The Morgan fingerprint density at radius 1 is 1.13 bits per heavy atom. The van der Waals surface area contributed by atoms with Crippen LogP contribution in [-0.2, 0) is 10.0 Å². The molecule has 0 spiro atoms. The number of hydrogen-bond acceptors (Lipinski definition) is 4. The molecule has 2 heterocycles. The Balaban J connectivity index is 1.66. The van der Waals surface area contributed by atoms with Gasteiger partial charge in [-0.15, -0.1) is 0 Å². The third-order valence-corrected chi connectivity index (χ3v) is 6.75. The molecule has 2 saturated heterocycles. The van der Waals surface area contributed by atoms with Crippen LogP contribution < -0.4 is 5.32 Å². The van der Waals surface area contributed by atoms with E-state index >= 15 is 0 Å². The fourth-order valence-corrected chi connectivity index (χ4v) is 5.07. The first kappa shape index (κ1) is 16.9. The van der Waals surface area contributed by atoms with Gasteiger partial charge in [0.2, 0.25) is 10.0 Å². The van der Waals surface area contributed by atoms with Crippen LogP contribution in [0.5, 0.6) is 0 Å². The molecule has 23 heavy (non-hydrogen) atoms. The molecule has 2 fully saturated rings. The highest BCUT2D eigenvalue weighted by Gasteiger charge is 2.31. The summed E-state index contributed by atoms with van der Waals surface area (Å²) < 4.78 is 27.4. The first-order valence-electron chi connectivity index (χ1n) is 8.55. The summed E-state index contributed by atoms with van der Waals surface area (Å²) in [7, 11) is -3.35. The highest BCUT2D eigenvalue weighted by Crippen LogP contribution is 2.24. The minimum atomic E-state index is -3.35. The first-order valence-corrected chi connectivity index (χ1v) is 9.99. The Morgan fingerprint density at radius 2 is 1.83 bits per heavy atom. The number of rotatable bonds is 4. The molecule has 0 aromatic heterocycles. The maximum absolute atomic E-state index is 12.8. The van der Waals surface area contributed by atoms with Gasteiger partial charge >= 0.3 is 0 Å². The van der Waals surface area contributed by atoms with Gasteiger partial charge in [0, 0.05) is 45.8 Å². The SMILES string of the molecule is Cc1ccc(S(=O)(=O)N2CCCC(CN3CCNCC3)C2)cc1. The van der Waals surface area contributed by atoms with Gasteiger partial charge in [0.05, 0.1) is 4.90 Å². The van der Waals surface area contributed by atoms with Gasteiger partial charge in [-0.3, -0.25) is 0 Å². The lowest BCUT2D eigenvalue weighted by atomic mass is 9.99. The Bertz CT molecular complexity index is 609. The lowest BCUT2D eigenvalue weighted by Gasteiger charge is -2.36. The largest absolute Gasteiger partial charge is 0.314 e. The van der Waals surface area contributed by atoms with E-state index < -0.39 is 10.0 Å². The number of nitrogens with zero attached hydrogens (tertiary/aromatic N) is 2. The minimum Gasteiger partial charge on any atom is -0.314 e. The zero-order valence-electron chi connectivity index (χ0n) is 13.9. The van der Waals surface area contributed by atoms with Crippen molar-refractivity contribution in [3.05, 3.63) is 29.8 Å². The fourth-order valence-electron chi connectivity index (χ4n) is 3.51. The maximum Gasteiger partial charge on any atom is 0.243 e. The average Bonchev–Trinajstić information content (AvgIpc) is 2.56. The van der Waals surface area contributed by atoms with Crippen molar-refractivity contribution in [1.82, 2.24) is 14.5 Å². The smallest absolute Gasteiger partial charge is 0.243 e. The molecule has 0 aliphatic carbocycles. The number of piperazine rings is 1. The summed E-state index contributed by atoms with van der Waals surface area (Å²) in [6.07, 6.45) is 2.09. The second kappa shape index (κ2) is 7.30. The maximum atomic E-state index is 12.8. The number of aryl methyl sites for hydroxylation is 1. The number of benzene rings is 1. The highest BCUT2D eigenvalue weighted by atomic mass is 32.2. The van der Waals surface area contributed by atoms with Crippen LogP contribution in [0.3, 0.4) is 0 Å².